The summed E-state index contributed by atoms with van der Waals surface area (Å²) in [7, 11) is 0. The highest BCUT2D eigenvalue weighted by atomic mass is 16.5. The molecule has 1 unspecified atom stereocenters. The van der Waals surface area contributed by atoms with E-state index in [1.165, 1.54) is 19.4 Å². The zero-order valence-corrected chi connectivity index (χ0v) is 71.0. The first-order valence-electron chi connectivity index (χ1n) is 42.2. The Labute approximate surface area is 710 Å². The minimum atomic E-state index is -0.975. The molecule has 0 spiro atoms. The van der Waals surface area contributed by atoms with Crippen LogP contribution in [0.2, 0.25) is 0 Å². The van der Waals surface area contributed by atoms with Crippen LogP contribution >= 0.6 is 0 Å². The van der Waals surface area contributed by atoms with E-state index in [0.717, 1.165) is 56.3 Å². The van der Waals surface area contributed by atoms with Crippen LogP contribution in [-0.4, -0.2) is 301 Å². The molecule has 0 saturated carbocycles. The van der Waals surface area contributed by atoms with Gasteiger partial charge < -0.3 is 124 Å². The van der Waals surface area contributed by atoms with E-state index in [9.17, 15) is 72.2 Å². The summed E-state index contributed by atoms with van der Waals surface area (Å²) in [6.07, 6.45) is 7.33. The van der Waals surface area contributed by atoms with E-state index in [1.54, 1.807) is 6.07 Å². The molecule has 4 atom stereocenters. The van der Waals surface area contributed by atoms with E-state index < -0.39 is 41.8 Å². The van der Waals surface area contributed by atoms with Crippen LogP contribution in [0.5, 0.6) is 5.75 Å². The molecule has 0 saturated heterocycles. The number of phenols is 1. The summed E-state index contributed by atoms with van der Waals surface area (Å²) in [4.78, 5) is 173. The smallest absolute Gasteiger partial charge is 0.242 e. The number of aromatic hydroxyl groups is 1. The van der Waals surface area contributed by atoms with Crippen LogP contribution in [0, 0.1) is 0 Å². The van der Waals surface area contributed by atoms with Crippen molar-refractivity contribution in [3.8, 4) is 5.75 Å². The van der Waals surface area contributed by atoms with Crippen molar-refractivity contribution in [3.05, 3.63) is 59.2 Å². The highest BCUT2D eigenvalue weighted by Crippen LogP contribution is 2.31. The monoisotopic (exact) mass is 1710 g/mol. The van der Waals surface area contributed by atoms with Crippen molar-refractivity contribution < 1.29 is 110 Å². The van der Waals surface area contributed by atoms with Gasteiger partial charge in [0.1, 0.15) is 17.8 Å². The molecule has 39 heteroatoms. The Balaban J connectivity index is 1.01. The highest BCUT2D eigenvalue weighted by molar-refractivity contribution is 5.92. The van der Waals surface area contributed by atoms with Gasteiger partial charge in [0.2, 0.25) is 82.7 Å². The molecule has 2 aromatic rings. The molecule has 18 N–H and O–H groups in total. The number of nitrogens with zero attached hydrogens (tertiary/aromatic N) is 1. The summed E-state index contributed by atoms with van der Waals surface area (Å²) < 4.78 is 43.6. The minimum absolute atomic E-state index is 0.00238. The van der Waals surface area contributed by atoms with Crippen molar-refractivity contribution in [2.24, 2.45) is 11.5 Å². The SMILES string of the molecule is CCCN(CCc1ccc(NC(=O)CC[C@H](N)C(=O)NCCCC[C@H](NC(=O)CCC(=O)NCCOCCOCCNC(=O)CCC(=O)NCCOCCOCCNC(=O)CCC(=O)NCCOCCOCCNC(=O)CCC(=O)NCCOCCOCCNC(=O)[C@H](CCCCNC(C)=O)NC(C)=O)C(N)=O)cc1)C1CCc2c(O)cccc2C1. The first-order valence-corrected chi connectivity index (χ1v) is 42.2. The fourth-order valence-corrected chi connectivity index (χ4v) is 12.2. The van der Waals surface area contributed by atoms with Gasteiger partial charge >= 0.3 is 0 Å². The largest absolute Gasteiger partial charge is 0.508 e. The predicted octanol–water partition coefficient (Wildman–Crippen LogP) is -1.50. The van der Waals surface area contributed by atoms with Gasteiger partial charge in [-0.3, -0.25) is 72.0 Å². The fourth-order valence-electron chi connectivity index (χ4n) is 12.2. The lowest BCUT2D eigenvalue weighted by Gasteiger charge is -2.35. The van der Waals surface area contributed by atoms with Gasteiger partial charge in [-0.25, -0.2) is 0 Å². The zero-order valence-electron chi connectivity index (χ0n) is 71.0. The molecule has 1 aliphatic rings. The zero-order chi connectivity index (χ0) is 88.3. The molecule has 0 radical (unpaired) electrons. The summed E-state index contributed by atoms with van der Waals surface area (Å²) >= 11 is 0. The number of carbonyl (C=O) groups is 14. The molecular formula is C82H136N16O23. The van der Waals surface area contributed by atoms with E-state index in [4.69, 9.17) is 49.4 Å². The van der Waals surface area contributed by atoms with Crippen LogP contribution in [0.3, 0.4) is 0 Å². The predicted molar refractivity (Wildman–Crippen MR) is 447 cm³/mol. The molecule has 121 heavy (non-hydrogen) atoms. The quantitative estimate of drug-likeness (QED) is 0.0335. The van der Waals surface area contributed by atoms with E-state index in [0.29, 0.717) is 56.1 Å². The average Bonchev–Trinajstić information content (AvgIpc) is 0.812. The Bertz CT molecular complexity index is 3380. The number of amides is 14. The van der Waals surface area contributed by atoms with Crippen LogP contribution in [0.25, 0.3) is 0 Å². The summed E-state index contributed by atoms with van der Waals surface area (Å²) in [5, 5.41) is 45.3. The number of unbranched alkanes of at least 4 members (excludes halogenated alkanes) is 2. The van der Waals surface area contributed by atoms with Gasteiger partial charge in [-0.05, 0) is 118 Å². The third kappa shape index (κ3) is 55.9. The van der Waals surface area contributed by atoms with E-state index >= 15 is 0 Å². The molecule has 0 aliphatic heterocycles. The second-order valence-electron chi connectivity index (χ2n) is 28.7. The summed E-state index contributed by atoms with van der Waals surface area (Å²) in [6, 6.07) is 11.4. The van der Waals surface area contributed by atoms with Gasteiger partial charge in [0.05, 0.1) is 112 Å². The number of benzene rings is 2. The molecule has 0 fully saturated rings. The Morgan fingerprint density at radius 1 is 0.413 bits per heavy atom. The van der Waals surface area contributed by atoms with Gasteiger partial charge in [0.15, 0.2) is 0 Å². The van der Waals surface area contributed by atoms with Crippen LogP contribution in [0.4, 0.5) is 5.69 Å². The Hall–Kier alpha value is -9.58. The van der Waals surface area contributed by atoms with Crippen LogP contribution in [0.1, 0.15) is 153 Å². The maximum absolute atomic E-state index is 12.8. The van der Waals surface area contributed by atoms with Gasteiger partial charge in [0.25, 0.3) is 0 Å². The van der Waals surface area contributed by atoms with Crippen molar-refractivity contribution >= 4 is 88.4 Å². The molecule has 2 aromatic carbocycles. The molecule has 39 nitrogen and oxygen atoms in total. The third-order valence-electron chi connectivity index (χ3n) is 18.6. The lowest BCUT2D eigenvalue weighted by molar-refractivity contribution is -0.129. The number of nitrogens with one attached hydrogen (secondary N) is 13. The normalized spacial score (nSPS) is 12.9. The second kappa shape index (κ2) is 68.0. The van der Waals surface area contributed by atoms with Crippen molar-refractivity contribution in [1.82, 2.24) is 68.7 Å². The number of nitrogens with two attached hydrogens (primary N) is 2. The summed E-state index contributed by atoms with van der Waals surface area (Å²) in [5.74, 6) is -4.61. The number of rotatable bonds is 73. The topological polar surface area (TPSA) is 545 Å². The summed E-state index contributed by atoms with van der Waals surface area (Å²) in [6.45, 7) is 13.1. The Morgan fingerprint density at radius 3 is 1.20 bits per heavy atom. The van der Waals surface area contributed by atoms with Gasteiger partial charge in [-0.15, -0.1) is 0 Å². The van der Waals surface area contributed by atoms with E-state index in [-0.39, 0.29) is 294 Å². The second-order valence-corrected chi connectivity index (χ2v) is 28.7. The number of fused-ring (bicyclic) bond motifs is 1. The number of primary amides is 1. The first-order chi connectivity index (χ1) is 58.4. The standard InChI is InChI=1S/C82H136N16O23/c1-4-41-98(65-18-19-66-63(59-65)10-9-13-70(66)101)42-30-62-14-16-64(17-15-62)96-78(109)21-20-67(83)81(112)93-32-8-5-11-68(80(84)111)97-79(110)29-28-77(108)92-39-49-119-56-55-118-47-37-90-74(105)25-24-73(104)88-35-45-115-52-51-114-43-33-86-71(102)22-23-72(103)87-34-44-116-53-54-117-46-36-89-75(106)26-27-76(107)91-38-48-120-57-58-121-50-40-94-82(113)69(95-61(3)100)12-6-7-31-85-60(2)99/h9-10,13-17,65,67-69,101H,4-8,11-12,18-59,83H2,1-3H3,(H2,84,111)(H,85,99)(H,86,102)(H,87,103)(H,88,104)(H,89,106)(H,90,105)(H,91,107)(H,92,108)(H,93,112)(H,94,113)(H,95,100)(H,96,109)(H,97,110)/t65?,67-,68-,69-/m0/s1. The Morgan fingerprint density at radius 2 is 0.802 bits per heavy atom. The Kier molecular flexibility index (Phi) is 59.4. The van der Waals surface area contributed by atoms with E-state index in [1.807, 2.05) is 30.3 Å². The number of hydrogen-bond acceptors (Lipinski definition) is 25. The van der Waals surface area contributed by atoms with Crippen molar-refractivity contribution in [1.29, 1.82) is 0 Å². The molecule has 3 rings (SSSR count). The molecule has 682 valence electrons. The maximum Gasteiger partial charge on any atom is 0.242 e. The lowest BCUT2D eigenvalue weighted by Crippen LogP contribution is -2.46. The number of hydrogen-bond donors (Lipinski definition) is 16. The van der Waals surface area contributed by atoms with Crippen LogP contribution < -0.4 is 80.6 Å². The third-order valence-corrected chi connectivity index (χ3v) is 18.6. The van der Waals surface area contributed by atoms with Crippen LogP contribution in [-0.2, 0) is 124 Å². The van der Waals surface area contributed by atoms with Crippen molar-refractivity contribution in [2.75, 3.05) is 190 Å². The number of anilines is 1. The molecule has 0 aromatic heterocycles. The lowest BCUT2D eigenvalue weighted by atomic mass is 9.86. The molecule has 0 heterocycles. The number of ether oxygens (including phenoxy) is 8. The molecular weight excluding hydrogens is 1580 g/mol. The number of carbonyl (C=O) groups excluding carboxylic acids is 14. The number of phenolic OH excluding ortho intramolecular Hbond substituents is 1. The minimum Gasteiger partial charge on any atom is -0.508 e. The highest BCUT2D eigenvalue weighted by Gasteiger charge is 2.27. The van der Waals surface area contributed by atoms with Gasteiger partial charge in [-0.1, -0.05) is 31.2 Å². The van der Waals surface area contributed by atoms with Crippen molar-refractivity contribution in [2.45, 2.75) is 180 Å². The first kappa shape index (κ1) is 106. The van der Waals surface area contributed by atoms with Crippen LogP contribution in [0.15, 0.2) is 42.5 Å². The van der Waals surface area contributed by atoms with Gasteiger partial charge in [0, 0.05) is 155 Å². The average molecular weight is 1710 g/mol. The summed E-state index contributed by atoms with van der Waals surface area (Å²) in [5.41, 5.74) is 15.7. The van der Waals surface area contributed by atoms with E-state index in [2.05, 4.69) is 87.0 Å². The molecule has 1 aliphatic carbocycles. The maximum atomic E-state index is 12.8. The molecule has 0 bridgehead atoms. The fraction of sp³-hybridized carbons (Fsp3) is 0.683. The van der Waals surface area contributed by atoms with Gasteiger partial charge in [-0.2, -0.15) is 0 Å². The molecule has 14 amide bonds. The van der Waals surface area contributed by atoms with Crippen molar-refractivity contribution in [3.63, 3.8) is 0 Å².